The minimum Gasteiger partial charge on any atom is -0.459 e. The lowest BCUT2D eigenvalue weighted by Crippen LogP contribution is -2.29. The summed E-state index contributed by atoms with van der Waals surface area (Å²) < 4.78 is 32.0. The van der Waals surface area contributed by atoms with Crippen LogP contribution < -0.4 is 14.9 Å². The number of thiocarbonyl (C=S) groups is 1. The second-order valence-corrected chi connectivity index (χ2v) is 11.2. The van der Waals surface area contributed by atoms with Gasteiger partial charge in [-0.25, -0.2) is 8.42 Å². The summed E-state index contributed by atoms with van der Waals surface area (Å²) >= 11 is 18.0. The fraction of sp³-hybridized carbons (Fsp3) is 0.120. The fourth-order valence-corrected chi connectivity index (χ4v) is 5.35. The first-order chi connectivity index (χ1) is 17.2. The van der Waals surface area contributed by atoms with Gasteiger partial charge >= 0.3 is 0 Å². The first kappa shape index (κ1) is 24.6. The third-order valence-corrected chi connectivity index (χ3v) is 7.33. The van der Waals surface area contributed by atoms with Crippen molar-refractivity contribution < 1.29 is 12.8 Å². The van der Waals surface area contributed by atoms with E-state index in [0.29, 0.717) is 32.4 Å². The zero-order valence-corrected chi connectivity index (χ0v) is 22.0. The monoisotopic (exact) mass is 558 g/mol. The quantitative estimate of drug-likeness (QED) is 0.272. The van der Waals surface area contributed by atoms with Crippen molar-refractivity contribution in [1.82, 2.24) is 10.3 Å². The van der Waals surface area contributed by atoms with Crippen molar-refractivity contribution in [2.24, 2.45) is 0 Å². The smallest absolute Gasteiger partial charge is 0.229 e. The van der Waals surface area contributed by atoms with Crippen molar-refractivity contribution in [2.75, 3.05) is 15.9 Å². The van der Waals surface area contributed by atoms with E-state index in [4.69, 9.17) is 39.8 Å². The molecular weight excluding hydrogens is 539 g/mol. The zero-order valence-electron chi connectivity index (χ0n) is 18.9. The summed E-state index contributed by atoms with van der Waals surface area (Å²) in [6.45, 7) is 0. The Hall–Kier alpha value is -3.11. The number of halogens is 2. The van der Waals surface area contributed by atoms with Gasteiger partial charge in [0.1, 0.15) is 17.6 Å². The molecule has 0 bridgehead atoms. The van der Waals surface area contributed by atoms with Crippen LogP contribution in [-0.2, 0) is 10.0 Å². The molecule has 1 fully saturated rings. The van der Waals surface area contributed by atoms with Crippen LogP contribution >= 0.6 is 35.4 Å². The molecular formula is C25H20Cl2N4O3S2. The lowest BCUT2D eigenvalue weighted by Gasteiger charge is -2.26. The Kier molecular flexibility index (Phi) is 6.65. The molecule has 2 N–H and O–H groups in total. The molecule has 3 heterocycles. The van der Waals surface area contributed by atoms with E-state index in [9.17, 15) is 8.42 Å². The maximum absolute atomic E-state index is 11.6. The fourth-order valence-electron chi connectivity index (χ4n) is 4.14. The summed E-state index contributed by atoms with van der Waals surface area (Å²) in [7, 11) is -3.39. The lowest BCUT2D eigenvalue weighted by atomic mass is 10.0. The Balaban J connectivity index is 1.55. The average molecular weight is 560 g/mol. The molecule has 0 saturated carbocycles. The van der Waals surface area contributed by atoms with Crippen LogP contribution in [0, 0.1) is 0 Å². The van der Waals surface area contributed by atoms with Gasteiger partial charge in [-0.1, -0.05) is 29.3 Å². The third-order valence-electron chi connectivity index (χ3n) is 5.67. The standard InChI is InChI=1S/C25H20Cl2N4O3S2/c1-36(32,33)30-16-6-8-17(9-7-16)31-24(23(29-25(31)35)20-4-2-3-13-28-20)22-12-11-21(34-22)15-5-10-18(26)19(27)14-15/h2-14,23-24,30H,1H3,(H,29,35)/t23-,24-/m1/s1. The number of anilines is 2. The molecule has 1 aliphatic heterocycles. The van der Waals surface area contributed by atoms with E-state index in [-0.39, 0.29) is 12.1 Å². The van der Waals surface area contributed by atoms with Gasteiger partial charge in [-0.3, -0.25) is 9.71 Å². The predicted molar refractivity (Wildman–Crippen MR) is 147 cm³/mol. The maximum atomic E-state index is 11.6. The molecule has 2 aromatic heterocycles. The first-order valence-electron chi connectivity index (χ1n) is 10.8. The Morgan fingerprint density at radius 3 is 2.47 bits per heavy atom. The van der Waals surface area contributed by atoms with Crippen molar-refractivity contribution in [1.29, 1.82) is 0 Å². The third kappa shape index (κ3) is 5.05. The summed E-state index contributed by atoms with van der Waals surface area (Å²) in [6, 6.07) is 21.1. The molecule has 0 amide bonds. The number of benzene rings is 2. The largest absolute Gasteiger partial charge is 0.459 e. The van der Waals surface area contributed by atoms with E-state index in [2.05, 4.69) is 15.0 Å². The number of pyridine rings is 1. The van der Waals surface area contributed by atoms with Crippen molar-refractivity contribution >= 4 is 61.9 Å². The van der Waals surface area contributed by atoms with Crippen LogP contribution in [0.3, 0.4) is 0 Å². The molecule has 2 aromatic carbocycles. The molecule has 1 aliphatic rings. The van der Waals surface area contributed by atoms with Gasteiger partial charge in [0.2, 0.25) is 10.0 Å². The number of nitrogens with one attached hydrogen (secondary N) is 2. The van der Waals surface area contributed by atoms with Crippen LogP contribution in [-0.4, -0.2) is 24.8 Å². The molecule has 184 valence electrons. The van der Waals surface area contributed by atoms with Gasteiger partial charge in [0.05, 0.1) is 28.0 Å². The summed E-state index contributed by atoms with van der Waals surface area (Å²) in [4.78, 5) is 6.48. The highest BCUT2D eigenvalue weighted by Crippen LogP contribution is 2.43. The number of hydrogen-bond donors (Lipinski definition) is 2. The molecule has 2 atom stereocenters. The second-order valence-electron chi connectivity index (χ2n) is 8.25. The Bertz CT molecular complexity index is 1530. The van der Waals surface area contributed by atoms with Crippen LogP contribution in [0.5, 0.6) is 0 Å². The molecule has 5 rings (SSSR count). The Morgan fingerprint density at radius 1 is 1.03 bits per heavy atom. The zero-order chi connectivity index (χ0) is 25.4. The van der Waals surface area contributed by atoms with Crippen LogP contribution in [0.1, 0.15) is 23.5 Å². The van der Waals surface area contributed by atoms with Gasteiger partial charge in [-0.2, -0.15) is 0 Å². The minimum atomic E-state index is -3.39. The van der Waals surface area contributed by atoms with E-state index in [1.807, 2.05) is 41.3 Å². The molecule has 0 aliphatic carbocycles. The van der Waals surface area contributed by atoms with Crippen LogP contribution in [0.4, 0.5) is 11.4 Å². The van der Waals surface area contributed by atoms with Crippen LogP contribution in [0.15, 0.2) is 83.4 Å². The minimum absolute atomic E-state index is 0.291. The van der Waals surface area contributed by atoms with E-state index < -0.39 is 10.0 Å². The van der Waals surface area contributed by atoms with Crippen LogP contribution in [0.2, 0.25) is 10.0 Å². The van der Waals surface area contributed by atoms with Crippen molar-refractivity contribution in [3.8, 4) is 11.3 Å². The normalized spacial score (nSPS) is 17.8. The first-order valence-corrected chi connectivity index (χ1v) is 13.9. The SMILES string of the molecule is CS(=O)(=O)Nc1ccc(N2C(=S)N[C@H](c3ccccn3)[C@H]2c2ccc(-c3ccc(Cl)c(Cl)c3)o2)cc1. The van der Waals surface area contributed by atoms with Gasteiger partial charge < -0.3 is 14.6 Å². The summed E-state index contributed by atoms with van der Waals surface area (Å²) in [5.41, 5.74) is 2.82. The number of nitrogens with zero attached hydrogens (tertiary/aromatic N) is 2. The van der Waals surface area contributed by atoms with Gasteiger partial charge in [-0.15, -0.1) is 0 Å². The van der Waals surface area contributed by atoms with Gasteiger partial charge in [0.25, 0.3) is 0 Å². The van der Waals surface area contributed by atoms with Gasteiger partial charge in [0, 0.05) is 23.1 Å². The molecule has 36 heavy (non-hydrogen) atoms. The lowest BCUT2D eigenvalue weighted by molar-refractivity contribution is 0.439. The molecule has 1 saturated heterocycles. The van der Waals surface area contributed by atoms with E-state index >= 15 is 0 Å². The van der Waals surface area contributed by atoms with Gasteiger partial charge in [0.15, 0.2) is 5.11 Å². The molecule has 0 unspecified atom stereocenters. The van der Waals surface area contributed by atoms with Gasteiger partial charge in [-0.05, 0) is 78.9 Å². The average Bonchev–Trinajstić information content (AvgIpc) is 3.46. The number of rotatable bonds is 6. The number of hydrogen-bond acceptors (Lipinski definition) is 5. The number of furan rings is 1. The maximum Gasteiger partial charge on any atom is 0.229 e. The number of sulfonamides is 1. The number of aromatic nitrogens is 1. The molecule has 0 radical (unpaired) electrons. The highest BCUT2D eigenvalue weighted by atomic mass is 35.5. The summed E-state index contributed by atoms with van der Waals surface area (Å²) in [6.07, 6.45) is 2.84. The van der Waals surface area contributed by atoms with Crippen LogP contribution in [0.25, 0.3) is 11.3 Å². The highest BCUT2D eigenvalue weighted by molar-refractivity contribution is 7.92. The molecule has 11 heteroatoms. The van der Waals surface area contributed by atoms with E-state index in [0.717, 1.165) is 23.2 Å². The summed E-state index contributed by atoms with van der Waals surface area (Å²) in [5.74, 6) is 1.30. The van der Waals surface area contributed by atoms with E-state index in [1.54, 1.807) is 42.6 Å². The van der Waals surface area contributed by atoms with Crippen molar-refractivity contribution in [3.05, 3.63) is 100 Å². The Morgan fingerprint density at radius 2 is 1.81 bits per heavy atom. The molecule has 0 spiro atoms. The highest BCUT2D eigenvalue weighted by Gasteiger charge is 2.42. The van der Waals surface area contributed by atoms with Crippen molar-refractivity contribution in [2.45, 2.75) is 12.1 Å². The van der Waals surface area contributed by atoms with E-state index in [1.165, 1.54) is 0 Å². The van der Waals surface area contributed by atoms with Crippen molar-refractivity contribution in [3.63, 3.8) is 0 Å². The molecule has 4 aromatic rings. The summed E-state index contributed by atoms with van der Waals surface area (Å²) in [5, 5.41) is 4.77. The predicted octanol–water partition coefficient (Wildman–Crippen LogP) is 6.20. The second kappa shape index (κ2) is 9.74. The Labute approximate surface area is 224 Å². The topological polar surface area (TPSA) is 87.5 Å². The molecule has 7 nitrogen and oxygen atoms in total.